The fourth-order valence-corrected chi connectivity index (χ4v) is 4.21. The average molecular weight is 496 g/mol. The van der Waals surface area contributed by atoms with Crippen molar-refractivity contribution in [2.24, 2.45) is 0 Å². The maximum Gasteiger partial charge on any atom is 0.116 e. The standard InChI is InChI=1S/C35H29NO2/c1-26-5-17-31(18-6-26)36(32-19-11-27(12-20-32)7-8-29-15-23-34(37)24-16-29)33-21-13-28(14-22-33)9-10-30-3-2-4-35(38)25-30/h2-25,37-38H,1H3/b8-7+,10-9+. The smallest absolute Gasteiger partial charge is 0.116 e. The fraction of sp³-hybridized carbons (Fsp3) is 0.0286. The van der Waals surface area contributed by atoms with Gasteiger partial charge in [-0.1, -0.05) is 90.5 Å². The van der Waals surface area contributed by atoms with Crippen LogP contribution in [-0.4, -0.2) is 10.2 Å². The first-order valence-corrected chi connectivity index (χ1v) is 12.5. The molecule has 3 nitrogen and oxygen atoms in total. The van der Waals surface area contributed by atoms with Crippen LogP contribution in [-0.2, 0) is 0 Å². The van der Waals surface area contributed by atoms with E-state index in [9.17, 15) is 10.2 Å². The Labute approximate surface area is 223 Å². The third-order valence-electron chi connectivity index (χ3n) is 6.29. The molecule has 5 aromatic rings. The van der Waals surface area contributed by atoms with Crippen molar-refractivity contribution in [3.8, 4) is 11.5 Å². The van der Waals surface area contributed by atoms with Crippen molar-refractivity contribution in [1.82, 2.24) is 0 Å². The molecule has 0 radical (unpaired) electrons. The van der Waals surface area contributed by atoms with Crippen LogP contribution >= 0.6 is 0 Å². The summed E-state index contributed by atoms with van der Waals surface area (Å²) in [5.74, 6) is 0.529. The number of phenolic OH excluding ortho intramolecular Hbond substituents is 2. The molecule has 0 aromatic heterocycles. The average Bonchev–Trinajstić information content (AvgIpc) is 2.94. The molecule has 0 spiro atoms. The lowest BCUT2D eigenvalue weighted by Crippen LogP contribution is -2.09. The van der Waals surface area contributed by atoms with Gasteiger partial charge in [0.2, 0.25) is 0 Å². The number of anilines is 3. The maximum absolute atomic E-state index is 9.70. The Morgan fingerprint density at radius 1 is 0.447 bits per heavy atom. The van der Waals surface area contributed by atoms with Gasteiger partial charge in [-0.3, -0.25) is 0 Å². The molecule has 5 rings (SSSR count). The number of phenols is 2. The predicted octanol–water partition coefficient (Wildman–Crippen LogP) is 9.22. The molecule has 3 heteroatoms. The highest BCUT2D eigenvalue weighted by atomic mass is 16.3. The van der Waals surface area contributed by atoms with Crippen molar-refractivity contribution in [2.75, 3.05) is 4.90 Å². The number of aryl methyl sites for hydroxylation is 1. The van der Waals surface area contributed by atoms with Gasteiger partial charge >= 0.3 is 0 Å². The molecule has 0 fully saturated rings. The van der Waals surface area contributed by atoms with Crippen LogP contribution in [0.25, 0.3) is 24.3 Å². The SMILES string of the molecule is Cc1ccc(N(c2ccc(/C=C/c3ccc(O)cc3)cc2)c2ccc(/C=C/c3cccc(O)c3)cc2)cc1. The van der Waals surface area contributed by atoms with Crippen LogP contribution < -0.4 is 4.90 Å². The van der Waals surface area contributed by atoms with Gasteiger partial charge in [-0.15, -0.1) is 0 Å². The van der Waals surface area contributed by atoms with E-state index >= 15 is 0 Å². The lowest BCUT2D eigenvalue weighted by atomic mass is 10.1. The van der Waals surface area contributed by atoms with E-state index in [2.05, 4.69) is 90.7 Å². The largest absolute Gasteiger partial charge is 0.508 e. The zero-order valence-electron chi connectivity index (χ0n) is 21.2. The van der Waals surface area contributed by atoms with Crippen molar-refractivity contribution in [3.63, 3.8) is 0 Å². The second kappa shape index (κ2) is 11.4. The Morgan fingerprint density at radius 3 is 1.34 bits per heavy atom. The normalized spacial score (nSPS) is 11.3. The Balaban J connectivity index is 1.41. The van der Waals surface area contributed by atoms with Crippen molar-refractivity contribution in [3.05, 3.63) is 149 Å². The van der Waals surface area contributed by atoms with Gasteiger partial charge in [0.15, 0.2) is 0 Å². The Kier molecular flexibility index (Phi) is 7.37. The zero-order chi connectivity index (χ0) is 26.3. The maximum atomic E-state index is 9.70. The summed E-state index contributed by atoms with van der Waals surface area (Å²) in [5, 5.41) is 19.2. The van der Waals surface area contributed by atoms with Crippen LogP contribution in [0.3, 0.4) is 0 Å². The first-order valence-electron chi connectivity index (χ1n) is 12.5. The lowest BCUT2D eigenvalue weighted by molar-refractivity contribution is 0.474. The van der Waals surface area contributed by atoms with E-state index in [-0.39, 0.29) is 11.5 Å². The minimum atomic E-state index is 0.262. The summed E-state index contributed by atoms with van der Waals surface area (Å²) in [6, 6.07) is 39.9. The minimum absolute atomic E-state index is 0.262. The molecule has 0 heterocycles. The third kappa shape index (κ3) is 6.21. The minimum Gasteiger partial charge on any atom is -0.508 e. The lowest BCUT2D eigenvalue weighted by Gasteiger charge is -2.26. The highest BCUT2D eigenvalue weighted by molar-refractivity contribution is 5.79. The molecule has 186 valence electrons. The van der Waals surface area contributed by atoms with Gasteiger partial charge in [0.05, 0.1) is 0 Å². The van der Waals surface area contributed by atoms with E-state index in [1.165, 1.54) is 5.56 Å². The summed E-state index contributed by atoms with van der Waals surface area (Å²) in [6.07, 6.45) is 8.15. The third-order valence-corrected chi connectivity index (χ3v) is 6.29. The Bertz CT molecular complexity index is 1550. The Hall–Kier alpha value is -5.02. The molecule has 0 unspecified atom stereocenters. The van der Waals surface area contributed by atoms with Crippen LogP contribution in [0.15, 0.2) is 121 Å². The molecule has 0 aliphatic carbocycles. The van der Waals surface area contributed by atoms with E-state index < -0.39 is 0 Å². The molecule has 0 saturated heterocycles. The molecule has 2 N–H and O–H groups in total. The number of hydrogen-bond acceptors (Lipinski definition) is 3. The number of rotatable bonds is 7. The topological polar surface area (TPSA) is 43.7 Å². The highest BCUT2D eigenvalue weighted by Gasteiger charge is 2.12. The molecule has 38 heavy (non-hydrogen) atoms. The summed E-state index contributed by atoms with van der Waals surface area (Å²) in [6.45, 7) is 2.09. The monoisotopic (exact) mass is 495 g/mol. The molecule has 0 atom stereocenters. The summed E-state index contributed by atoms with van der Waals surface area (Å²) >= 11 is 0. The first kappa shape index (κ1) is 24.7. The van der Waals surface area contributed by atoms with E-state index in [0.717, 1.165) is 39.3 Å². The first-order chi connectivity index (χ1) is 18.5. The van der Waals surface area contributed by atoms with Crippen molar-refractivity contribution < 1.29 is 10.2 Å². The van der Waals surface area contributed by atoms with Gasteiger partial charge < -0.3 is 15.1 Å². The van der Waals surface area contributed by atoms with E-state index in [0.29, 0.717) is 0 Å². The van der Waals surface area contributed by atoms with Crippen molar-refractivity contribution in [1.29, 1.82) is 0 Å². The highest BCUT2D eigenvalue weighted by Crippen LogP contribution is 2.35. The van der Waals surface area contributed by atoms with Crippen LogP contribution in [0.4, 0.5) is 17.1 Å². The molecule has 0 bridgehead atoms. The van der Waals surface area contributed by atoms with E-state index in [4.69, 9.17) is 0 Å². The number of benzene rings is 5. The van der Waals surface area contributed by atoms with E-state index in [1.54, 1.807) is 24.3 Å². The van der Waals surface area contributed by atoms with Crippen LogP contribution in [0.1, 0.15) is 27.8 Å². The van der Waals surface area contributed by atoms with Crippen molar-refractivity contribution >= 4 is 41.4 Å². The van der Waals surface area contributed by atoms with Crippen molar-refractivity contribution in [2.45, 2.75) is 6.92 Å². The van der Waals surface area contributed by atoms with Crippen LogP contribution in [0.5, 0.6) is 11.5 Å². The van der Waals surface area contributed by atoms with Crippen LogP contribution in [0.2, 0.25) is 0 Å². The molecule has 0 amide bonds. The van der Waals surface area contributed by atoms with Gasteiger partial charge in [0.1, 0.15) is 11.5 Å². The van der Waals surface area contributed by atoms with E-state index in [1.807, 2.05) is 42.5 Å². The molecule has 0 aliphatic heterocycles. The number of hydrogen-bond donors (Lipinski definition) is 2. The van der Waals surface area contributed by atoms with Crippen LogP contribution in [0, 0.1) is 6.92 Å². The summed E-state index contributed by atoms with van der Waals surface area (Å²) in [4.78, 5) is 2.25. The summed E-state index contributed by atoms with van der Waals surface area (Å²) in [5.41, 5.74) is 8.60. The van der Waals surface area contributed by atoms with Gasteiger partial charge in [-0.2, -0.15) is 0 Å². The van der Waals surface area contributed by atoms with Gasteiger partial charge in [-0.05, 0) is 89.8 Å². The van der Waals surface area contributed by atoms with Gasteiger partial charge in [0.25, 0.3) is 0 Å². The second-order valence-corrected chi connectivity index (χ2v) is 9.21. The summed E-state index contributed by atoms with van der Waals surface area (Å²) in [7, 11) is 0. The number of aromatic hydroxyl groups is 2. The zero-order valence-corrected chi connectivity index (χ0v) is 21.2. The predicted molar refractivity (Wildman–Crippen MR) is 160 cm³/mol. The fourth-order valence-electron chi connectivity index (χ4n) is 4.21. The molecule has 5 aromatic carbocycles. The second-order valence-electron chi connectivity index (χ2n) is 9.21. The van der Waals surface area contributed by atoms with Gasteiger partial charge in [-0.25, -0.2) is 0 Å². The molecule has 0 aliphatic rings. The Morgan fingerprint density at radius 2 is 0.868 bits per heavy atom. The number of nitrogens with zero attached hydrogens (tertiary/aromatic N) is 1. The summed E-state index contributed by atoms with van der Waals surface area (Å²) < 4.78 is 0. The molecular formula is C35H29NO2. The molecule has 0 saturated carbocycles. The quantitative estimate of drug-likeness (QED) is 0.221. The molecular weight excluding hydrogens is 466 g/mol. The van der Waals surface area contributed by atoms with Gasteiger partial charge in [0, 0.05) is 17.1 Å².